The van der Waals surface area contributed by atoms with E-state index in [0.29, 0.717) is 0 Å². The number of thiol groups is 1. The van der Waals surface area contributed by atoms with Gasteiger partial charge in [-0.25, -0.2) is 0 Å². The van der Waals surface area contributed by atoms with E-state index in [1.54, 1.807) is 0 Å². The van der Waals surface area contributed by atoms with Gasteiger partial charge in [-0.05, 0) is 0 Å². The van der Waals surface area contributed by atoms with E-state index in [0.717, 1.165) is 0 Å². The molecule has 0 heterocycles. The third-order valence-electron chi connectivity index (χ3n) is 0.964. The molecule has 1 N–H and O–H groups in total. The Morgan fingerprint density at radius 2 is 1.78 bits per heavy atom. The van der Waals surface area contributed by atoms with Gasteiger partial charge in [-0.1, -0.05) is 33.4 Å². The maximum absolute atomic E-state index is 10.4. The summed E-state index contributed by atoms with van der Waals surface area (Å²) >= 11 is 3.52. The van der Waals surface area contributed by atoms with Crippen LogP contribution in [0.5, 0.6) is 0 Å². The Kier molecular flexibility index (Phi) is 2.43. The molecular weight excluding hydrogens is 134 g/mol. The summed E-state index contributed by atoms with van der Waals surface area (Å²) in [6.45, 7) is 5.43. The van der Waals surface area contributed by atoms with Crippen LogP contribution in [0.15, 0.2) is 0 Å². The number of hydrogen-bond donors (Lipinski definition) is 2. The summed E-state index contributed by atoms with van der Waals surface area (Å²) in [7, 11) is 0. The van der Waals surface area contributed by atoms with Gasteiger partial charge in [-0.2, -0.15) is 0 Å². The molecule has 0 aliphatic rings. The summed E-state index contributed by atoms with van der Waals surface area (Å²) in [5.41, 5.74) is -0.301. The van der Waals surface area contributed by atoms with E-state index < -0.39 is 5.12 Å². The van der Waals surface area contributed by atoms with Crippen molar-refractivity contribution in [1.82, 2.24) is 0 Å². The first-order valence-electron chi connectivity index (χ1n) is 2.68. The van der Waals surface area contributed by atoms with Gasteiger partial charge in [0.2, 0.25) is 5.12 Å². The molecule has 0 aromatic rings. The van der Waals surface area contributed by atoms with Crippen molar-refractivity contribution in [1.29, 1.82) is 5.41 Å². The lowest BCUT2D eigenvalue weighted by Gasteiger charge is -2.15. The van der Waals surface area contributed by atoms with Gasteiger partial charge < -0.3 is 5.41 Å². The molecule has 3 heteroatoms. The maximum Gasteiger partial charge on any atom is 0.230 e. The highest BCUT2D eigenvalue weighted by Gasteiger charge is 2.20. The Morgan fingerprint density at radius 3 is 1.78 bits per heavy atom. The summed E-state index contributed by atoms with van der Waals surface area (Å²) in [4.78, 5) is 10.4. The lowest BCUT2D eigenvalue weighted by Crippen LogP contribution is -2.24. The Balaban J connectivity index is 4.23. The van der Waals surface area contributed by atoms with Gasteiger partial charge >= 0.3 is 0 Å². The van der Waals surface area contributed by atoms with E-state index in [9.17, 15) is 4.79 Å². The Bertz CT molecular complexity index is 146. The lowest BCUT2D eigenvalue weighted by molar-refractivity contribution is -0.105. The molecule has 0 aliphatic heterocycles. The minimum atomic E-state index is -0.442. The minimum Gasteiger partial charge on any atom is -0.300 e. The van der Waals surface area contributed by atoms with Gasteiger partial charge in [0.25, 0.3) is 0 Å². The van der Waals surface area contributed by atoms with Gasteiger partial charge in [0.15, 0.2) is 0 Å². The Hall–Kier alpha value is -0.310. The lowest BCUT2D eigenvalue weighted by atomic mass is 9.91. The topological polar surface area (TPSA) is 40.9 Å². The molecule has 0 spiro atoms. The molecule has 0 aromatic carbocycles. The Labute approximate surface area is 60.6 Å². The van der Waals surface area contributed by atoms with Crippen molar-refractivity contribution in [3.63, 3.8) is 0 Å². The van der Waals surface area contributed by atoms with Crippen LogP contribution in [0.2, 0.25) is 0 Å². The van der Waals surface area contributed by atoms with E-state index in [1.807, 2.05) is 20.8 Å². The zero-order valence-electron chi connectivity index (χ0n) is 5.86. The standard InChI is InChI=1S/C6H11NOS/c1-6(2,3)4(7)5(8)9/h7H,1-3H3,(H,8,9). The molecule has 0 bridgehead atoms. The van der Waals surface area contributed by atoms with Gasteiger partial charge in [0.05, 0.1) is 5.71 Å². The van der Waals surface area contributed by atoms with Gasteiger partial charge in [-0.3, -0.25) is 4.79 Å². The second-order valence-corrected chi connectivity index (χ2v) is 3.34. The highest BCUT2D eigenvalue weighted by molar-refractivity contribution is 7.98. The molecule has 0 saturated heterocycles. The van der Waals surface area contributed by atoms with Crippen molar-refractivity contribution in [3.05, 3.63) is 0 Å². The fourth-order valence-corrected chi connectivity index (χ4v) is 0.656. The number of carbonyl (C=O) groups is 1. The molecule has 0 unspecified atom stereocenters. The molecule has 52 valence electrons. The SMILES string of the molecule is CC(C)(C)C(=N)C(=O)S. The Morgan fingerprint density at radius 1 is 1.44 bits per heavy atom. The fourth-order valence-electron chi connectivity index (χ4n) is 0.321. The summed E-state index contributed by atoms with van der Waals surface area (Å²) in [5.74, 6) is 0. The van der Waals surface area contributed by atoms with Crippen LogP contribution in [0, 0.1) is 10.8 Å². The first kappa shape index (κ1) is 8.69. The summed E-state index contributed by atoms with van der Waals surface area (Å²) in [5, 5.41) is 6.73. The van der Waals surface area contributed by atoms with Crippen molar-refractivity contribution in [2.45, 2.75) is 20.8 Å². The highest BCUT2D eigenvalue weighted by Crippen LogP contribution is 2.15. The van der Waals surface area contributed by atoms with Crippen molar-refractivity contribution in [3.8, 4) is 0 Å². The average Bonchev–Trinajstić information content (AvgIpc) is 1.62. The van der Waals surface area contributed by atoms with E-state index in [2.05, 4.69) is 12.6 Å². The molecule has 0 saturated carbocycles. The number of rotatable bonds is 1. The first-order chi connectivity index (χ1) is 3.85. The van der Waals surface area contributed by atoms with Crippen molar-refractivity contribution >= 4 is 23.5 Å². The molecule has 0 aromatic heterocycles. The molecule has 0 fully saturated rings. The van der Waals surface area contributed by atoms with Crippen LogP contribution in [-0.4, -0.2) is 10.8 Å². The van der Waals surface area contributed by atoms with Gasteiger partial charge in [0, 0.05) is 5.41 Å². The second-order valence-electron chi connectivity index (χ2n) is 2.93. The first-order valence-corrected chi connectivity index (χ1v) is 3.12. The largest absolute Gasteiger partial charge is 0.300 e. The van der Waals surface area contributed by atoms with Crippen LogP contribution in [0.1, 0.15) is 20.8 Å². The minimum absolute atomic E-state index is 0.0610. The number of nitrogens with one attached hydrogen (secondary N) is 1. The summed E-state index contributed by atoms with van der Waals surface area (Å²) in [6, 6.07) is 0. The van der Waals surface area contributed by atoms with Crippen molar-refractivity contribution < 1.29 is 4.79 Å². The molecule has 0 atom stereocenters. The summed E-state index contributed by atoms with van der Waals surface area (Å²) < 4.78 is 0. The zero-order valence-corrected chi connectivity index (χ0v) is 6.75. The maximum atomic E-state index is 10.4. The van der Waals surface area contributed by atoms with Crippen LogP contribution < -0.4 is 0 Å². The molecule has 9 heavy (non-hydrogen) atoms. The fraction of sp³-hybridized carbons (Fsp3) is 0.667. The predicted octanol–water partition coefficient (Wildman–Crippen LogP) is 1.51. The van der Waals surface area contributed by atoms with Crippen molar-refractivity contribution in [2.75, 3.05) is 0 Å². The van der Waals surface area contributed by atoms with Crippen LogP contribution in [-0.2, 0) is 4.79 Å². The monoisotopic (exact) mass is 145 g/mol. The number of carbonyl (C=O) groups excluding carboxylic acids is 1. The van der Waals surface area contributed by atoms with Crippen LogP contribution in [0.25, 0.3) is 0 Å². The third kappa shape index (κ3) is 2.65. The van der Waals surface area contributed by atoms with Gasteiger partial charge in [0.1, 0.15) is 0 Å². The van der Waals surface area contributed by atoms with Gasteiger partial charge in [-0.15, -0.1) is 0 Å². The molecular formula is C6H11NOS. The number of hydrogen-bond acceptors (Lipinski definition) is 2. The van der Waals surface area contributed by atoms with E-state index in [-0.39, 0.29) is 11.1 Å². The average molecular weight is 145 g/mol. The van der Waals surface area contributed by atoms with E-state index >= 15 is 0 Å². The third-order valence-corrected chi connectivity index (χ3v) is 1.19. The molecule has 0 radical (unpaired) electrons. The van der Waals surface area contributed by atoms with Crippen LogP contribution >= 0.6 is 12.6 Å². The molecule has 0 amide bonds. The molecule has 0 rings (SSSR count). The predicted molar refractivity (Wildman–Crippen MR) is 41.2 cm³/mol. The molecule has 2 nitrogen and oxygen atoms in total. The van der Waals surface area contributed by atoms with Crippen LogP contribution in [0.4, 0.5) is 0 Å². The van der Waals surface area contributed by atoms with Crippen molar-refractivity contribution in [2.24, 2.45) is 5.41 Å². The highest BCUT2D eigenvalue weighted by atomic mass is 32.1. The molecule has 0 aliphatic carbocycles. The quantitative estimate of drug-likeness (QED) is 0.426. The summed E-state index contributed by atoms with van der Waals surface area (Å²) in [6.07, 6.45) is 0. The van der Waals surface area contributed by atoms with Crippen LogP contribution in [0.3, 0.4) is 0 Å². The van der Waals surface area contributed by atoms with E-state index in [4.69, 9.17) is 5.41 Å². The zero-order chi connectivity index (χ0) is 7.65. The van der Waals surface area contributed by atoms with E-state index in [1.165, 1.54) is 0 Å². The second kappa shape index (κ2) is 2.52. The smallest absolute Gasteiger partial charge is 0.230 e. The normalized spacial score (nSPS) is 11.1.